The third-order valence-corrected chi connectivity index (χ3v) is 12.8. The number of imidazole rings is 2. The van der Waals surface area contributed by atoms with Crippen molar-refractivity contribution < 1.29 is 18.5 Å². The van der Waals surface area contributed by atoms with E-state index < -0.39 is 11.3 Å². The van der Waals surface area contributed by atoms with Crippen LogP contribution in [0.25, 0.3) is 44.3 Å². The number of rotatable bonds is 10. The molecule has 8 heterocycles. The number of nitrogens with one attached hydrogen (secondary N) is 2. The van der Waals surface area contributed by atoms with E-state index in [9.17, 15) is 5.11 Å². The maximum Gasteiger partial charge on any atom is 0.191 e. The number of hydrogen-bond acceptors (Lipinski definition) is 11. The van der Waals surface area contributed by atoms with E-state index in [1.165, 1.54) is 0 Å². The molecule has 0 atom stereocenters. The third-order valence-electron chi connectivity index (χ3n) is 12.8. The van der Waals surface area contributed by atoms with Gasteiger partial charge in [-0.3, -0.25) is 19.9 Å². The van der Waals surface area contributed by atoms with E-state index in [4.69, 9.17) is 19.0 Å². The Kier molecular flexibility index (Phi) is 9.99. The summed E-state index contributed by atoms with van der Waals surface area (Å²) in [5, 5.41) is 20.7. The quantitative estimate of drug-likeness (QED) is 0.119. The summed E-state index contributed by atoms with van der Waals surface area (Å²) in [6.07, 6.45) is 17.6. The molecule has 0 radical (unpaired) electrons. The summed E-state index contributed by atoms with van der Waals surface area (Å²) in [7, 11) is 0. The van der Waals surface area contributed by atoms with Gasteiger partial charge in [-0.2, -0.15) is 0 Å². The van der Waals surface area contributed by atoms with E-state index in [2.05, 4.69) is 46.3 Å². The SMILES string of the molecule is Cc1noc(C)c1-c1cc(C(F)(c2cccnc2)c2cccnc2)c2nc(C3CC3)[nH]c2c1.Cc1noc(C)c1-c1cc(C(O)(c2cccnc2)c2cccnc2)c2nc(C3CC3)[nH]c2c1. The van der Waals surface area contributed by atoms with E-state index >= 15 is 4.39 Å². The molecule has 2 fully saturated rings. The summed E-state index contributed by atoms with van der Waals surface area (Å²) in [6, 6.07) is 22.3. The smallest absolute Gasteiger partial charge is 0.191 e. The first kappa shape index (κ1) is 41.0. The second-order valence-corrected chi connectivity index (χ2v) is 17.4. The molecule has 2 aromatic carbocycles. The Bertz CT molecular complexity index is 3020. The van der Waals surface area contributed by atoms with Gasteiger partial charge in [-0.05, 0) is 113 Å². The van der Waals surface area contributed by atoms with Gasteiger partial charge in [0.25, 0.3) is 0 Å². The Hall–Kier alpha value is -7.71. The van der Waals surface area contributed by atoms with Crippen molar-refractivity contribution in [3.63, 3.8) is 0 Å². The second-order valence-electron chi connectivity index (χ2n) is 17.4. The summed E-state index contributed by atoms with van der Waals surface area (Å²) in [5.41, 5.74) is 7.81. The van der Waals surface area contributed by atoms with Crippen LogP contribution in [0, 0.1) is 27.7 Å². The number of aliphatic hydroxyl groups is 1. The lowest BCUT2D eigenvalue weighted by molar-refractivity contribution is 0.126. The number of nitrogens with zero attached hydrogens (tertiary/aromatic N) is 8. The Morgan fingerprint density at radius 1 is 0.561 bits per heavy atom. The Labute approximate surface area is 378 Å². The van der Waals surface area contributed by atoms with Crippen LogP contribution in [0.3, 0.4) is 0 Å². The average molecular weight is 877 g/mol. The highest BCUT2D eigenvalue weighted by Gasteiger charge is 2.42. The molecule has 2 aliphatic carbocycles. The van der Waals surface area contributed by atoms with Crippen molar-refractivity contribution in [1.29, 1.82) is 0 Å². The van der Waals surface area contributed by atoms with Gasteiger partial charge in [0.1, 0.15) is 28.8 Å². The van der Waals surface area contributed by atoms with Gasteiger partial charge < -0.3 is 24.1 Å². The van der Waals surface area contributed by atoms with E-state index in [1.54, 1.807) is 73.8 Å². The molecule has 0 saturated heterocycles. The van der Waals surface area contributed by atoms with E-state index in [1.807, 2.05) is 70.2 Å². The summed E-state index contributed by atoms with van der Waals surface area (Å²) in [6.45, 7) is 7.58. The molecular weight excluding hydrogens is 832 g/mol. The molecule has 2 aliphatic rings. The standard InChI is InChI=1S/C26H22FN5O.C26H23N5O2/c1-15-23(16(2)33-32-15)18-11-21(24-22(12-18)30-25(31-24)17-7-8-17)26(27,19-5-3-9-28-13-19)20-6-4-10-29-14-20;1-15-23(16(2)33-31-15)18-11-21(24-22(12-18)29-25(30-24)17-7-8-17)26(32,19-5-3-9-27-13-19)20-6-4-10-28-14-20/h3-6,9-14,17H,7-8H2,1-2H3,(H,30,31);3-6,9-14,17,32H,7-8H2,1-2H3,(H,29,30). The fraction of sp³-hybridized carbons (Fsp3) is 0.231. The minimum atomic E-state index is -2.01. The van der Waals surface area contributed by atoms with Gasteiger partial charge >= 0.3 is 0 Å². The number of pyridine rings is 4. The number of aromatic nitrogens is 10. The van der Waals surface area contributed by atoms with Crippen molar-refractivity contribution in [2.75, 3.05) is 0 Å². The molecule has 328 valence electrons. The van der Waals surface area contributed by atoms with Crippen LogP contribution >= 0.6 is 0 Å². The molecule has 66 heavy (non-hydrogen) atoms. The molecule has 2 saturated carbocycles. The molecule has 8 aromatic heterocycles. The molecule has 14 heteroatoms. The van der Waals surface area contributed by atoms with Crippen LogP contribution < -0.4 is 0 Å². The average Bonchev–Trinajstić information content (AvgIpc) is 4.25. The minimum absolute atomic E-state index is 0.401. The normalized spacial score (nSPS) is 14.2. The Morgan fingerprint density at radius 2 is 0.955 bits per heavy atom. The number of H-pyrrole nitrogens is 2. The van der Waals surface area contributed by atoms with Crippen molar-refractivity contribution in [3.8, 4) is 22.3 Å². The van der Waals surface area contributed by atoms with Gasteiger partial charge in [0.2, 0.25) is 0 Å². The molecule has 0 amide bonds. The second kappa shape index (κ2) is 16.1. The van der Waals surface area contributed by atoms with Crippen LogP contribution in [0.5, 0.6) is 0 Å². The van der Waals surface area contributed by atoms with Gasteiger partial charge in [0, 0.05) is 106 Å². The number of alkyl halides is 1. The van der Waals surface area contributed by atoms with Crippen LogP contribution in [0.15, 0.2) is 131 Å². The van der Waals surface area contributed by atoms with Crippen LogP contribution in [0.2, 0.25) is 0 Å². The van der Waals surface area contributed by atoms with Crippen LogP contribution in [-0.4, -0.2) is 55.3 Å². The van der Waals surface area contributed by atoms with Crippen molar-refractivity contribution >= 4 is 22.1 Å². The van der Waals surface area contributed by atoms with Crippen molar-refractivity contribution in [1.82, 2.24) is 50.2 Å². The predicted octanol–water partition coefficient (Wildman–Crippen LogP) is 10.5. The highest BCUT2D eigenvalue weighted by Crippen LogP contribution is 2.48. The number of aryl methyl sites for hydroxylation is 4. The Morgan fingerprint density at radius 3 is 1.32 bits per heavy atom. The highest BCUT2D eigenvalue weighted by atomic mass is 19.1. The zero-order valence-electron chi connectivity index (χ0n) is 36.7. The number of aromatic amines is 2. The maximum absolute atomic E-state index is 17.6. The fourth-order valence-corrected chi connectivity index (χ4v) is 9.23. The number of benzene rings is 2. The van der Waals surface area contributed by atoms with E-state index in [0.717, 1.165) is 93.3 Å². The molecule has 10 aromatic rings. The topological polar surface area (TPSA) is 181 Å². The molecule has 12 rings (SSSR count). The summed E-state index contributed by atoms with van der Waals surface area (Å²) >= 11 is 0. The monoisotopic (exact) mass is 876 g/mol. The molecule has 0 spiro atoms. The van der Waals surface area contributed by atoms with Crippen LogP contribution in [0.1, 0.15) is 105 Å². The molecule has 13 nitrogen and oxygen atoms in total. The molecule has 0 unspecified atom stereocenters. The van der Waals surface area contributed by atoms with Gasteiger partial charge in [-0.25, -0.2) is 14.4 Å². The van der Waals surface area contributed by atoms with Gasteiger partial charge in [0.15, 0.2) is 5.67 Å². The molecule has 3 N–H and O–H groups in total. The van der Waals surface area contributed by atoms with Crippen molar-refractivity contribution in [2.45, 2.75) is 76.5 Å². The lowest BCUT2D eigenvalue weighted by Gasteiger charge is -2.30. The molecular formula is C52H45FN10O3. The van der Waals surface area contributed by atoms with Crippen molar-refractivity contribution in [2.24, 2.45) is 0 Å². The van der Waals surface area contributed by atoms with E-state index in [-0.39, 0.29) is 0 Å². The summed E-state index contributed by atoms with van der Waals surface area (Å²) in [5.74, 6) is 4.12. The fourth-order valence-electron chi connectivity index (χ4n) is 9.23. The first-order valence-electron chi connectivity index (χ1n) is 22.1. The predicted molar refractivity (Wildman–Crippen MR) is 246 cm³/mol. The minimum Gasteiger partial charge on any atom is -0.376 e. The zero-order valence-corrected chi connectivity index (χ0v) is 36.7. The van der Waals surface area contributed by atoms with Gasteiger partial charge in [0.05, 0.1) is 33.5 Å². The molecule has 0 aliphatic heterocycles. The number of hydrogen-bond donors (Lipinski definition) is 3. The third kappa shape index (κ3) is 7.04. The lowest BCUT2D eigenvalue weighted by atomic mass is 9.80. The largest absolute Gasteiger partial charge is 0.376 e. The van der Waals surface area contributed by atoms with Crippen LogP contribution in [-0.2, 0) is 11.3 Å². The maximum atomic E-state index is 17.6. The van der Waals surface area contributed by atoms with Gasteiger partial charge in [-0.15, -0.1) is 0 Å². The van der Waals surface area contributed by atoms with Crippen molar-refractivity contribution in [3.05, 3.63) is 190 Å². The summed E-state index contributed by atoms with van der Waals surface area (Å²) < 4.78 is 28.5. The van der Waals surface area contributed by atoms with Crippen LogP contribution in [0.4, 0.5) is 4.39 Å². The Balaban J connectivity index is 0.000000146. The lowest BCUT2D eigenvalue weighted by Crippen LogP contribution is -2.29. The number of fused-ring (bicyclic) bond motifs is 2. The zero-order chi connectivity index (χ0) is 45.2. The first-order chi connectivity index (χ1) is 32.1. The first-order valence-corrected chi connectivity index (χ1v) is 22.1. The van der Waals surface area contributed by atoms with E-state index in [0.29, 0.717) is 56.5 Å². The summed E-state index contributed by atoms with van der Waals surface area (Å²) in [4.78, 5) is 33.8. The molecule has 0 bridgehead atoms. The number of halogens is 1. The van der Waals surface area contributed by atoms with Gasteiger partial charge in [-0.1, -0.05) is 34.6 Å². The highest BCUT2D eigenvalue weighted by molar-refractivity contribution is 5.89.